The Morgan fingerprint density at radius 3 is 2.82 bits per heavy atom. The van der Waals surface area contributed by atoms with Gasteiger partial charge in [0.15, 0.2) is 10.9 Å². The van der Waals surface area contributed by atoms with Gasteiger partial charge in [-0.25, -0.2) is 24.3 Å². The van der Waals surface area contributed by atoms with Crippen molar-refractivity contribution < 1.29 is 0 Å². The highest BCUT2D eigenvalue weighted by molar-refractivity contribution is 7.22. The summed E-state index contributed by atoms with van der Waals surface area (Å²) in [4.78, 5) is 21.3. The van der Waals surface area contributed by atoms with Crippen LogP contribution in [0, 0.1) is 0 Å². The molecule has 0 radical (unpaired) electrons. The molecule has 3 heterocycles. The minimum Gasteiger partial charge on any atom is -0.365 e. The van der Waals surface area contributed by atoms with Gasteiger partial charge in [0.2, 0.25) is 5.65 Å². The Hall–Kier alpha value is -3.17. The maximum atomic E-state index is 12.2. The number of H-pyrrole nitrogens is 1. The van der Waals surface area contributed by atoms with E-state index in [1.807, 2.05) is 24.3 Å². The number of fused-ring (bicyclic) bond motifs is 4. The number of anilines is 2. The normalized spacial score (nSPS) is 11.5. The Morgan fingerprint density at radius 1 is 1.07 bits per heavy atom. The molecule has 3 aromatic heterocycles. The molecule has 0 saturated heterocycles. The van der Waals surface area contributed by atoms with Crippen LogP contribution in [0.3, 0.4) is 0 Å². The molecule has 0 fully saturated rings. The van der Waals surface area contributed by atoms with Crippen molar-refractivity contribution in [3.8, 4) is 0 Å². The van der Waals surface area contributed by atoms with Gasteiger partial charge >= 0.3 is 5.69 Å². The molecule has 10 heteroatoms. The zero-order valence-corrected chi connectivity index (χ0v) is 16.0. The summed E-state index contributed by atoms with van der Waals surface area (Å²) in [7, 11) is 0. The van der Waals surface area contributed by atoms with Gasteiger partial charge in [-0.2, -0.15) is 0 Å². The fraction of sp³-hybridized carbons (Fsp3) is 0.111. The van der Waals surface area contributed by atoms with E-state index in [1.54, 1.807) is 29.5 Å². The van der Waals surface area contributed by atoms with Gasteiger partial charge in [0.1, 0.15) is 0 Å². The van der Waals surface area contributed by atoms with Crippen molar-refractivity contribution in [1.82, 2.24) is 24.6 Å². The Bertz CT molecular complexity index is 1340. The number of aromatic nitrogens is 5. The molecule has 0 amide bonds. The first-order chi connectivity index (χ1) is 13.7. The maximum Gasteiger partial charge on any atom is 0.348 e. The lowest BCUT2D eigenvalue weighted by Gasteiger charge is -2.09. The molecule has 140 valence electrons. The Morgan fingerprint density at radius 2 is 1.93 bits per heavy atom. The number of rotatable bonds is 5. The number of para-hydroxylation sites is 1. The van der Waals surface area contributed by atoms with Crippen molar-refractivity contribution in [1.29, 1.82) is 0 Å². The molecule has 0 unspecified atom stereocenters. The molecule has 0 saturated carbocycles. The van der Waals surface area contributed by atoms with E-state index in [1.165, 1.54) is 4.40 Å². The van der Waals surface area contributed by atoms with Crippen LogP contribution in [0.25, 0.3) is 26.9 Å². The van der Waals surface area contributed by atoms with Crippen molar-refractivity contribution in [2.45, 2.75) is 0 Å². The summed E-state index contributed by atoms with van der Waals surface area (Å²) in [5.74, 6) is 0.527. The molecule has 0 aliphatic rings. The summed E-state index contributed by atoms with van der Waals surface area (Å²) in [5.41, 5.74) is 2.34. The number of halogens is 1. The number of nitrogens with zero attached hydrogens (tertiary/aromatic N) is 4. The number of hydrogen-bond donors (Lipinski definition) is 3. The summed E-state index contributed by atoms with van der Waals surface area (Å²) in [5, 5.41) is 14.5. The average Bonchev–Trinajstić information content (AvgIpc) is 3.29. The predicted molar refractivity (Wildman–Crippen MR) is 113 cm³/mol. The highest BCUT2D eigenvalue weighted by atomic mass is 35.5. The first-order valence-electron chi connectivity index (χ1n) is 8.59. The van der Waals surface area contributed by atoms with Crippen molar-refractivity contribution >= 4 is 60.8 Å². The molecule has 0 atom stereocenters. The van der Waals surface area contributed by atoms with E-state index in [9.17, 15) is 4.79 Å². The van der Waals surface area contributed by atoms with Crippen LogP contribution >= 0.6 is 22.9 Å². The molecule has 5 aromatic rings. The lowest BCUT2D eigenvalue weighted by molar-refractivity contribution is 1.04. The largest absolute Gasteiger partial charge is 0.365 e. The fourth-order valence-electron chi connectivity index (χ4n) is 3.04. The van der Waals surface area contributed by atoms with Gasteiger partial charge in [-0.15, -0.1) is 5.10 Å². The van der Waals surface area contributed by atoms with Crippen LogP contribution in [0.4, 0.5) is 10.9 Å². The first kappa shape index (κ1) is 17.0. The zero-order chi connectivity index (χ0) is 19.1. The van der Waals surface area contributed by atoms with Gasteiger partial charge in [-0.05, 0) is 30.3 Å². The number of benzene rings is 2. The second kappa shape index (κ2) is 6.77. The minimum absolute atomic E-state index is 0.333. The summed E-state index contributed by atoms with van der Waals surface area (Å²) >= 11 is 7.68. The third-order valence-electron chi connectivity index (χ3n) is 4.28. The molecule has 8 nitrogen and oxygen atoms in total. The number of hydrogen-bond acceptors (Lipinski definition) is 7. The van der Waals surface area contributed by atoms with E-state index in [0.717, 1.165) is 15.3 Å². The van der Waals surface area contributed by atoms with Crippen LogP contribution in [0.5, 0.6) is 0 Å². The van der Waals surface area contributed by atoms with Crippen LogP contribution in [0.1, 0.15) is 0 Å². The van der Waals surface area contributed by atoms with Crippen molar-refractivity contribution in [2.24, 2.45) is 0 Å². The van der Waals surface area contributed by atoms with Crippen LogP contribution in [0.2, 0.25) is 5.02 Å². The summed E-state index contributed by atoms with van der Waals surface area (Å²) in [6, 6.07) is 13.2. The second-order valence-electron chi connectivity index (χ2n) is 6.12. The molecule has 0 aliphatic heterocycles. The summed E-state index contributed by atoms with van der Waals surface area (Å²) in [6.07, 6.45) is 0. The Labute approximate surface area is 167 Å². The molecule has 0 spiro atoms. The molecule has 3 N–H and O–H groups in total. The molecule has 0 aliphatic carbocycles. The molecular formula is C18H14ClN7OS. The smallest absolute Gasteiger partial charge is 0.348 e. The van der Waals surface area contributed by atoms with Gasteiger partial charge in [-0.3, -0.25) is 0 Å². The highest BCUT2D eigenvalue weighted by Gasteiger charge is 2.13. The average molecular weight is 412 g/mol. The van der Waals surface area contributed by atoms with Gasteiger partial charge in [0.25, 0.3) is 0 Å². The summed E-state index contributed by atoms with van der Waals surface area (Å²) in [6.45, 7) is 1.22. The first-order valence-corrected chi connectivity index (χ1v) is 9.78. The van der Waals surface area contributed by atoms with E-state index < -0.39 is 0 Å². The summed E-state index contributed by atoms with van der Waals surface area (Å²) < 4.78 is 2.61. The van der Waals surface area contributed by atoms with Gasteiger partial charge < -0.3 is 10.6 Å². The fourth-order valence-corrected chi connectivity index (χ4v) is 4.09. The van der Waals surface area contributed by atoms with E-state index in [4.69, 9.17) is 11.6 Å². The van der Waals surface area contributed by atoms with Gasteiger partial charge in [-0.1, -0.05) is 35.1 Å². The quantitative estimate of drug-likeness (QED) is 0.383. The van der Waals surface area contributed by atoms with Crippen molar-refractivity contribution in [3.05, 3.63) is 58.0 Å². The Balaban J connectivity index is 1.37. The second-order valence-corrected chi connectivity index (χ2v) is 7.59. The van der Waals surface area contributed by atoms with Gasteiger partial charge in [0.05, 0.1) is 21.3 Å². The van der Waals surface area contributed by atoms with Gasteiger partial charge in [0, 0.05) is 18.1 Å². The molecule has 28 heavy (non-hydrogen) atoms. The standard InChI is InChI=1S/C18H14ClN7OS/c19-10-5-6-11-13(9-10)26-16(24-25-18(26)27)15(22-11)20-7-8-21-17-23-12-3-1-2-4-14(12)28-17/h1-6,9H,7-8H2,(H,20,22)(H,21,23)(H,25,27). The van der Waals surface area contributed by atoms with Crippen LogP contribution in [-0.2, 0) is 0 Å². The molecule has 0 bridgehead atoms. The van der Waals surface area contributed by atoms with Crippen LogP contribution in [0.15, 0.2) is 47.3 Å². The predicted octanol–water partition coefficient (Wildman–Crippen LogP) is 3.36. The van der Waals surface area contributed by atoms with E-state index in [0.29, 0.717) is 40.6 Å². The number of nitrogens with one attached hydrogen (secondary N) is 3. The SMILES string of the molecule is O=c1[nH]nc2c(NCCNc3nc4ccccc4s3)nc3ccc(Cl)cc3n12. The minimum atomic E-state index is -0.333. The maximum absolute atomic E-state index is 12.2. The zero-order valence-electron chi connectivity index (χ0n) is 14.4. The Kier molecular flexibility index (Phi) is 4.10. The highest BCUT2D eigenvalue weighted by Crippen LogP contribution is 2.25. The molecule has 5 rings (SSSR count). The monoisotopic (exact) mass is 411 g/mol. The van der Waals surface area contributed by atoms with E-state index >= 15 is 0 Å². The lowest BCUT2D eigenvalue weighted by Crippen LogP contribution is -2.16. The molecule has 2 aromatic carbocycles. The van der Waals surface area contributed by atoms with Crippen LogP contribution in [-0.4, -0.2) is 37.7 Å². The van der Waals surface area contributed by atoms with Crippen molar-refractivity contribution in [2.75, 3.05) is 23.7 Å². The lowest BCUT2D eigenvalue weighted by atomic mass is 10.3. The van der Waals surface area contributed by atoms with E-state index in [2.05, 4.69) is 30.8 Å². The third kappa shape index (κ3) is 2.94. The topological polar surface area (TPSA) is 100 Å². The van der Waals surface area contributed by atoms with E-state index in [-0.39, 0.29) is 5.69 Å². The third-order valence-corrected chi connectivity index (χ3v) is 5.51. The van der Waals surface area contributed by atoms with Crippen molar-refractivity contribution in [3.63, 3.8) is 0 Å². The molecular weight excluding hydrogens is 398 g/mol. The number of thiazole rings is 1. The van der Waals surface area contributed by atoms with Crippen LogP contribution < -0.4 is 16.3 Å². The number of aromatic amines is 1.